The molecule has 0 aliphatic rings. The molecule has 126 valence electrons. The fraction of sp³-hybridized carbons (Fsp3) is 0. The molecule has 0 bridgehead atoms. The maximum absolute atomic E-state index is 6.56. The van der Waals surface area contributed by atoms with Gasteiger partial charge in [0.15, 0.2) is 0 Å². The number of hydrogen-bond donors (Lipinski definition) is 1. The first-order valence-electron chi connectivity index (χ1n) is 7.92. The normalized spacial score (nSPS) is 11.4. The Bertz CT molecular complexity index is 1260. The number of pyridine rings is 1. The minimum atomic E-state index is 0.523. The topological polar surface area (TPSA) is 69.1 Å². The van der Waals surface area contributed by atoms with Gasteiger partial charge in [0.2, 0.25) is 0 Å². The Labute approximate surface area is 157 Å². The van der Waals surface area contributed by atoms with Crippen molar-refractivity contribution in [3.8, 4) is 21.8 Å². The number of hydrogen-bond acceptors (Lipinski definition) is 5. The van der Waals surface area contributed by atoms with Crippen LogP contribution in [0.1, 0.15) is 0 Å². The van der Waals surface area contributed by atoms with Crippen molar-refractivity contribution in [1.82, 2.24) is 19.4 Å². The van der Waals surface area contributed by atoms with Gasteiger partial charge in [-0.05, 0) is 23.6 Å². The van der Waals surface area contributed by atoms with E-state index in [-0.39, 0.29) is 0 Å². The smallest absolute Gasteiger partial charge is 0.101 e. The van der Waals surface area contributed by atoms with Crippen LogP contribution in [0.3, 0.4) is 0 Å². The summed E-state index contributed by atoms with van der Waals surface area (Å²) in [5, 5.41) is 3.48. The number of rotatable bonds is 2. The zero-order valence-corrected chi connectivity index (χ0v) is 15.0. The average Bonchev–Trinajstić information content (AvgIpc) is 3.32. The Kier molecular flexibility index (Phi) is 3.41. The molecule has 0 aliphatic heterocycles. The maximum atomic E-state index is 6.56. The minimum Gasteiger partial charge on any atom is -0.396 e. The van der Waals surface area contributed by atoms with E-state index in [4.69, 9.17) is 22.3 Å². The molecule has 5 nitrogen and oxygen atoms in total. The van der Waals surface area contributed by atoms with Gasteiger partial charge >= 0.3 is 0 Å². The second kappa shape index (κ2) is 5.79. The van der Waals surface area contributed by atoms with E-state index in [0.29, 0.717) is 22.0 Å². The lowest BCUT2D eigenvalue weighted by Gasteiger charge is -2.11. The van der Waals surface area contributed by atoms with E-state index in [1.54, 1.807) is 30.1 Å². The van der Waals surface area contributed by atoms with Crippen molar-refractivity contribution in [2.24, 2.45) is 0 Å². The van der Waals surface area contributed by atoms with Crippen molar-refractivity contribution >= 4 is 45.0 Å². The van der Waals surface area contributed by atoms with Gasteiger partial charge < -0.3 is 10.1 Å². The fourth-order valence-corrected chi connectivity index (χ4v) is 4.10. The molecule has 0 saturated heterocycles. The highest BCUT2D eigenvalue weighted by Crippen LogP contribution is 2.40. The summed E-state index contributed by atoms with van der Waals surface area (Å²) in [7, 11) is 0. The number of anilines is 1. The number of benzene rings is 1. The number of nitrogens with two attached hydrogens (primary N) is 1. The zero-order valence-electron chi connectivity index (χ0n) is 13.4. The molecule has 0 saturated carbocycles. The van der Waals surface area contributed by atoms with Crippen molar-refractivity contribution in [3.63, 3.8) is 0 Å². The van der Waals surface area contributed by atoms with Gasteiger partial charge in [0.1, 0.15) is 12.0 Å². The number of fused-ring (bicyclic) bond motifs is 2. The molecule has 0 fully saturated rings. The summed E-state index contributed by atoms with van der Waals surface area (Å²) in [4.78, 5) is 14.6. The summed E-state index contributed by atoms with van der Waals surface area (Å²) in [6.45, 7) is 0. The van der Waals surface area contributed by atoms with Gasteiger partial charge in [-0.15, -0.1) is 11.3 Å². The number of nitrogens with zero attached hydrogens (tertiary/aromatic N) is 4. The highest BCUT2D eigenvalue weighted by Gasteiger charge is 2.18. The summed E-state index contributed by atoms with van der Waals surface area (Å²) in [5.74, 6) is 0. The third-order valence-corrected chi connectivity index (χ3v) is 5.52. The van der Waals surface area contributed by atoms with Crippen LogP contribution < -0.4 is 5.73 Å². The van der Waals surface area contributed by atoms with Crippen molar-refractivity contribution in [1.29, 1.82) is 0 Å². The predicted octanol–water partition coefficient (Wildman–Crippen LogP) is 4.91. The molecule has 0 unspecified atom stereocenters. The van der Waals surface area contributed by atoms with Crippen LogP contribution in [0, 0.1) is 0 Å². The fourth-order valence-electron chi connectivity index (χ4n) is 3.09. The van der Waals surface area contributed by atoms with E-state index in [0.717, 1.165) is 27.0 Å². The van der Waals surface area contributed by atoms with E-state index in [1.165, 1.54) is 0 Å². The quantitative estimate of drug-likeness (QED) is 0.444. The summed E-state index contributed by atoms with van der Waals surface area (Å²) in [5.41, 5.74) is 10.9. The van der Waals surface area contributed by atoms with Crippen LogP contribution in [-0.2, 0) is 0 Å². The molecular weight excluding hydrogens is 366 g/mol. The lowest BCUT2D eigenvalue weighted by molar-refractivity contribution is 1.11. The van der Waals surface area contributed by atoms with Crippen LogP contribution in [0.4, 0.5) is 5.69 Å². The van der Waals surface area contributed by atoms with Crippen molar-refractivity contribution in [3.05, 3.63) is 65.7 Å². The summed E-state index contributed by atoms with van der Waals surface area (Å²) < 4.78 is 1.89. The SMILES string of the molecule is Nc1c(-c2ncn3ccncc23)c(Cl)cc2ccc(-c3cccs3)nc12. The molecule has 4 heterocycles. The van der Waals surface area contributed by atoms with E-state index in [2.05, 4.69) is 9.97 Å². The average molecular weight is 378 g/mol. The van der Waals surface area contributed by atoms with Gasteiger partial charge in [-0.2, -0.15) is 0 Å². The van der Waals surface area contributed by atoms with E-state index >= 15 is 0 Å². The van der Waals surface area contributed by atoms with Crippen LogP contribution in [-0.4, -0.2) is 19.4 Å². The van der Waals surface area contributed by atoms with Gasteiger partial charge in [-0.25, -0.2) is 9.97 Å². The third-order valence-electron chi connectivity index (χ3n) is 4.32. The molecule has 2 N–H and O–H groups in total. The summed E-state index contributed by atoms with van der Waals surface area (Å²) in [6.07, 6.45) is 7.02. The number of halogens is 1. The second-order valence-electron chi connectivity index (χ2n) is 5.85. The standard InChI is InChI=1S/C19H12ClN5S/c20-12-8-11-3-4-13(15-2-1-7-26-15)24-18(11)17(21)16(12)19-14-9-22-5-6-25(14)10-23-19/h1-10H,21H2. The Morgan fingerprint density at radius 1 is 1.19 bits per heavy atom. The van der Waals surface area contributed by atoms with Crippen molar-refractivity contribution in [2.45, 2.75) is 0 Å². The van der Waals surface area contributed by atoms with Gasteiger partial charge in [0.25, 0.3) is 0 Å². The van der Waals surface area contributed by atoms with E-state index in [1.807, 2.05) is 46.3 Å². The Balaban J connectivity index is 1.80. The van der Waals surface area contributed by atoms with Gasteiger partial charge in [0, 0.05) is 23.3 Å². The second-order valence-corrected chi connectivity index (χ2v) is 7.21. The highest BCUT2D eigenvalue weighted by molar-refractivity contribution is 7.13. The van der Waals surface area contributed by atoms with Crippen LogP contribution in [0.2, 0.25) is 5.02 Å². The predicted molar refractivity (Wildman–Crippen MR) is 106 cm³/mol. The number of aromatic nitrogens is 4. The molecular formula is C19H12ClN5S. The summed E-state index contributed by atoms with van der Waals surface area (Å²) in [6, 6.07) is 9.91. The van der Waals surface area contributed by atoms with Gasteiger partial charge in [0.05, 0.1) is 38.5 Å². The Morgan fingerprint density at radius 3 is 2.96 bits per heavy atom. The van der Waals surface area contributed by atoms with Crippen LogP contribution in [0.15, 0.2) is 60.6 Å². The molecule has 0 radical (unpaired) electrons. The minimum absolute atomic E-state index is 0.523. The van der Waals surface area contributed by atoms with E-state index in [9.17, 15) is 0 Å². The van der Waals surface area contributed by atoms with Crippen LogP contribution >= 0.6 is 22.9 Å². The molecule has 0 amide bonds. The van der Waals surface area contributed by atoms with Crippen LogP contribution in [0.5, 0.6) is 0 Å². The van der Waals surface area contributed by atoms with Gasteiger partial charge in [-0.3, -0.25) is 4.98 Å². The Morgan fingerprint density at radius 2 is 2.12 bits per heavy atom. The molecule has 5 aromatic rings. The molecule has 0 aliphatic carbocycles. The lowest BCUT2D eigenvalue weighted by atomic mass is 10.0. The maximum Gasteiger partial charge on any atom is 0.101 e. The largest absolute Gasteiger partial charge is 0.396 e. The number of thiophene rings is 1. The first-order chi connectivity index (χ1) is 12.7. The molecule has 26 heavy (non-hydrogen) atoms. The monoisotopic (exact) mass is 377 g/mol. The lowest BCUT2D eigenvalue weighted by Crippen LogP contribution is -1.97. The van der Waals surface area contributed by atoms with Gasteiger partial charge in [-0.1, -0.05) is 23.7 Å². The molecule has 0 spiro atoms. The first-order valence-corrected chi connectivity index (χ1v) is 9.18. The molecule has 4 aromatic heterocycles. The van der Waals surface area contributed by atoms with Crippen molar-refractivity contribution < 1.29 is 0 Å². The first kappa shape index (κ1) is 15.3. The molecule has 0 atom stereocenters. The Hall–Kier alpha value is -2.96. The number of nitrogen functional groups attached to an aromatic ring is 1. The number of imidazole rings is 1. The molecule has 7 heteroatoms. The van der Waals surface area contributed by atoms with Crippen molar-refractivity contribution in [2.75, 3.05) is 5.73 Å². The highest BCUT2D eigenvalue weighted by atomic mass is 35.5. The zero-order chi connectivity index (χ0) is 17.7. The van der Waals surface area contributed by atoms with Crippen LogP contribution in [0.25, 0.3) is 38.2 Å². The summed E-state index contributed by atoms with van der Waals surface area (Å²) >= 11 is 8.21. The third kappa shape index (κ3) is 2.27. The molecule has 5 rings (SSSR count). The molecule has 1 aromatic carbocycles. The van der Waals surface area contributed by atoms with E-state index < -0.39 is 0 Å².